The van der Waals surface area contributed by atoms with Gasteiger partial charge in [-0.2, -0.15) is 0 Å². The summed E-state index contributed by atoms with van der Waals surface area (Å²) in [4.78, 5) is 13.0. The summed E-state index contributed by atoms with van der Waals surface area (Å²) in [5, 5.41) is 2.98. The molecular weight excluding hydrogens is 467 g/mol. The summed E-state index contributed by atoms with van der Waals surface area (Å²) in [6, 6.07) is 21.5. The molecule has 0 radical (unpaired) electrons. The predicted octanol–water partition coefficient (Wildman–Crippen LogP) is 4.19. The number of hydrogen-bond acceptors (Lipinski definition) is 4. The van der Waals surface area contributed by atoms with E-state index in [4.69, 9.17) is 4.74 Å². The number of aryl methyl sites for hydroxylation is 1. The van der Waals surface area contributed by atoms with Crippen LogP contribution in [0.25, 0.3) is 0 Å². The third kappa shape index (κ3) is 5.71. The molecule has 0 bridgehead atoms. The largest absolute Gasteiger partial charge is 0.381 e. The van der Waals surface area contributed by atoms with Gasteiger partial charge in [-0.3, -0.25) is 9.10 Å². The topological polar surface area (TPSA) is 75.7 Å². The summed E-state index contributed by atoms with van der Waals surface area (Å²) in [6.45, 7) is 3.06. The van der Waals surface area contributed by atoms with Crippen molar-refractivity contribution in [1.82, 2.24) is 5.32 Å². The van der Waals surface area contributed by atoms with E-state index in [-0.39, 0.29) is 10.3 Å². The van der Waals surface area contributed by atoms with Gasteiger partial charge in [0.05, 0.1) is 10.6 Å². The molecule has 184 valence electrons. The number of benzene rings is 3. The fraction of sp³-hybridized carbons (Fsp3) is 0.296. The van der Waals surface area contributed by atoms with Crippen molar-refractivity contribution < 1.29 is 22.3 Å². The summed E-state index contributed by atoms with van der Waals surface area (Å²) < 4.78 is 47.0. The van der Waals surface area contributed by atoms with E-state index in [1.807, 2.05) is 25.1 Å². The predicted molar refractivity (Wildman–Crippen MR) is 133 cm³/mol. The number of nitrogens with zero attached hydrogens (tertiary/aromatic N) is 1. The molecule has 0 aliphatic carbocycles. The second-order valence-electron chi connectivity index (χ2n) is 8.84. The first-order chi connectivity index (χ1) is 16.8. The van der Waals surface area contributed by atoms with Gasteiger partial charge in [0.15, 0.2) is 0 Å². The molecule has 8 heteroatoms. The Labute approximate surface area is 205 Å². The van der Waals surface area contributed by atoms with E-state index in [0.717, 1.165) is 40.4 Å². The van der Waals surface area contributed by atoms with Crippen LogP contribution in [0.5, 0.6) is 0 Å². The van der Waals surface area contributed by atoms with Crippen molar-refractivity contribution in [2.75, 3.05) is 30.6 Å². The highest BCUT2D eigenvalue weighted by molar-refractivity contribution is 7.92. The lowest BCUT2D eigenvalue weighted by Gasteiger charge is -2.38. The van der Waals surface area contributed by atoms with Crippen LogP contribution in [0.15, 0.2) is 83.8 Å². The number of amides is 1. The van der Waals surface area contributed by atoms with E-state index < -0.39 is 28.3 Å². The Bertz CT molecular complexity index is 1240. The van der Waals surface area contributed by atoms with E-state index in [1.54, 1.807) is 24.3 Å². The van der Waals surface area contributed by atoms with Gasteiger partial charge < -0.3 is 10.1 Å². The van der Waals surface area contributed by atoms with Crippen molar-refractivity contribution in [3.05, 3.63) is 95.8 Å². The molecule has 1 heterocycles. The number of rotatable bonds is 8. The van der Waals surface area contributed by atoms with Gasteiger partial charge in [-0.15, -0.1) is 0 Å². The molecule has 1 N–H and O–H groups in total. The lowest BCUT2D eigenvalue weighted by atomic mass is 9.74. The third-order valence-electron chi connectivity index (χ3n) is 6.47. The van der Waals surface area contributed by atoms with Crippen LogP contribution in [0.4, 0.5) is 10.1 Å². The molecule has 0 saturated carbocycles. The normalized spacial score (nSPS) is 15.4. The molecule has 1 fully saturated rings. The second-order valence-corrected chi connectivity index (χ2v) is 10.7. The van der Waals surface area contributed by atoms with Gasteiger partial charge >= 0.3 is 0 Å². The number of hydrogen-bond donors (Lipinski definition) is 1. The van der Waals surface area contributed by atoms with Crippen molar-refractivity contribution in [3.8, 4) is 0 Å². The summed E-state index contributed by atoms with van der Waals surface area (Å²) in [5.41, 5.74) is 2.16. The van der Waals surface area contributed by atoms with Crippen molar-refractivity contribution in [2.24, 2.45) is 0 Å². The van der Waals surface area contributed by atoms with Gasteiger partial charge in [0, 0.05) is 25.2 Å². The van der Waals surface area contributed by atoms with Gasteiger partial charge in [-0.05, 0) is 61.7 Å². The molecule has 0 atom stereocenters. The molecule has 3 aromatic rings. The maximum absolute atomic E-state index is 13.5. The maximum Gasteiger partial charge on any atom is 0.264 e. The number of nitrogens with one attached hydrogen (secondary N) is 1. The van der Waals surface area contributed by atoms with E-state index in [2.05, 4.69) is 17.4 Å². The molecule has 0 spiro atoms. The minimum absolute atomic E-state index is 0.0857. The van der Waals surface area contributed by atoms with Crippen LogP contribution < -0.4 is 9.62 Å². The minimum atomic E-state index is -4.10. The Hall–Kier alpha value is -3.23. The SMILES string of the molecule is Cc1ccc(N(CC(=O)NCC2(c3ccccc3)CCOCC2)S(=O)(=O)c2ccc(F)cc2)cc1. The van der Waals surface area contributed by atoms with Crippen LogP contribution in [0.1, 0.15) is 24.0 Å². The summed E-state index contributed by atoms with van der Waals surface area (Å²) in [6.07, 6.45) is 1.51. The van der Waals surface area contributed by atoms with Crippen molar-refractivity contribution >= 4 is 21.6 Å². The molecule has 4 rings (SSSR count). The van der Waals surface area contributed by atoms with Gasteiger partial charge in [0.1, 0.15) is 12.4 Å². The number of carbonyl (C=O) groups excluding carboxylic acids is 1. The molecule has 35 heavy (non-hydrogen) atoms. The van der Waals surface area contributed by atoms with E-state index >= 15 is 0 Å². The van der Waals surface area contributed by atoms with Crippen LogP contribution in [-0.2, 0) is 25.0 Å². The van der Waals surface area contributed by atoms with Gasteiger partial charge in [0.25, 0.3) is 10.0 Å². The number of ether oxygens (including phenoxy) is 1. The van der Waals surface area contributed by atoms with E-state index in [9.17, 15) is 17.6 Å². The summed E-state index contributed by atoms with van der Waals surface area (Å²) >= 11 is 0. The first-order valence-corrected chi connectivity index (χ1v) is 13.0. The van der Waals surface area contributed by atoms with Crippen LogP contribution >= 0.6 is 0 Å². The minimum Gasteiger partial charge on any atom is -0.381 e. The number of halogens is 1. The van der Waals surface area contributed by atoms with Gasteiger partial charge in [-0.1, -0.05) is 48.0 Å². The summed E-state index contributed by atoms with van der Waals surface area (Å²) in [5.74, 6) is -0.954. The van der Waals surface area contributed by atoms with Crippen molar-refractivity contribution in [3.63, 3.8) is 0 Å². The standard InChI is InChI=1S/C27H29FN2O4S/c1-21-7-11-24(12-8-21)30(35(32,33)25-13-9-23(28)10-14-25)19-26(31)29-20-27(15-17-34-18-16-27)22-5-3-2-4-6-22/h2-14H,15-20H2,1H3,(H,29,31). The first-order valence-electron chi connectivity index (χ1n) is 11.6. The zero-order valence-electron chi connectivity index (χ0n) is 19.6. The molecule has 6 nitrogen and oxygen atoms in total. The van der Waals surface area contributed by atoms with Crippen molar-refractivity contribution in [2.45, 2.75) is 30.1 Å². The van der Waals surface area contributed by atoms with Crippen LogP contribution in [0, 0.1) is 12.7 Å². The molecule has 0 aromatic heterocycles. The smallest absolute Gasteiger partial charge is 0.264 e. The molecule has 0 unspecified atom stereocenters. The number of anilines is 1. The molecule has 1 aliphatic rings. The fourth-order valence-electron chi connectivity index (χ4n) is 4.34. The Morgan fingerprint density at radius 2 is 1.60 bits per heavy atom. The average Bonchev–Trinajstić information content (AvgIpc) is 2.88. The quantitative estimate of drug-likeness (QED) is 0.507. The molecule has 1 amide bonds. The highest BCUT2D eigenvalue weighted by Gasteiger charge is 2.35. The van der Waals surface area contributed by atoms with Crippen LogP contribution in [0.3, 0.4) is 0 Å². The molecule has 3 aromatic carbocycles. The zero-order chi connectivity index (χ0) is 24.9. The fourth-order valence-corrected chi connectivity index (χ4v) is 5.76. The lowest BCUT2D eigenvalue weighted by Crippen LogP contribution is -2.48. The average molecular weight is 497 g/mol. The van der Waals surface area contributed by atoms with E-state index in [1.165, 1.54) is 12.1 Å². The number of sulfonamides is 1. The Morgan fingerprint density at radius 3 is 2.23 bits per heavy atom. The third-order valence-corrected chi connectivity index (χ3v) is 8.26. The highest BCUT2D eigenvalue weighted by Crippen LogP contribution is 2.34. The molecule has 1 aliphatic heterocycles. The Balaban J connectivity index is 1.57. The van der Waals surface area contributed by atoms with Gasteiger partial charge in [0.2, 0.25) is 5.91 Å². The first kappa shape index (κ1) is 24.9. The molecule has 1 saturated heterocycles. The number of carbonyl (C=O) groups is 1. The van der Waals surface area contributed by atoms with Crippen LogP contribution in [0.2, 0.25) is 0 Å². The molecular formula is C27H29FN2O4S. The van der Waals surface area contributed by atoms with Gasteiger partial charge in [-0.25, -0.2) is 12.8 Å². The zero-order valence-corrected chi connectivity index (χ0v) is 20.4. The highest BCUT2D eigenvalue weighted by atomic mass is 32.2. The van der Waals surface area contributed by atoms with Crippen molar-refractivity contribution in [1.29, 1.82) is 0 Å². The Morgan fingerprint density at radius 1 is 0.971 bits per heavy atom. The Kier molecular flexibility index (Phi) is 7.52. The van der Waals surface area contributed by atoms with Crippen LogP contribution in [-0.4, -0.2) is 40.6 Å². The monoisotopic (exact) mass is 496 g/mol. The second kappa shape index (κ2) is 10.6. The lowest BCUT2D eigenvalue weighted by molar-refractivity contribution is -0.120. The van der Waals surface area contributed by atoms with E-state index in [0.29, 0.717) is 25.4 Å². The summed E-state index contributed by atoms with van der Waals surface area (Å²) in [7, 11) is -4.10. The maximum atomic E-state index is 13.5.